The number of fused-ring (bicyclic) bond motifs is 1. The van der Waals surface area contributed by atoms with Gasteiger partial charge in [-0.2, -0.15) is 0 Å². The molecule has 4 N–H and O–H groups in total. The first-order valence-electron chi connectivity index (χ1n) is 12.1. The largest absolute Gasteiger partial charge is 0.387 e. The van der Waals surface area contributed by atoms with E-state index >= 15 is 0 Å². The summed E-state index contributed by atoms with van der Waals surface area (Å²) in [6, 6.07) is 11.9. The van der Waals surface area contributed by atoms with E-state index < -0.39 is 6.10 Å². The van der Waals surface area contributed by atoms with Gasteiger partial charge in [-0.15, -0.1) is 0 Å². The lowest BCUT2D eigenvalue weighted by molar-refractivity contribution is 0.191. The zero-order chi connectivity index (χ0) is 25.4. The van der Waals surface area contributed by atoms with Gasteiger partial charge in [0.15, 0.2) is 0 Å². The molecule has 188 valence electrons. The average Bonchev–Trinajstić information content (AvgIpc) is 3.29. The van der Waals surface area contributed by atoms with Gasteiger partial charge < -0.3 is 30.2 Å². The predicted octanol–water partition coefficient (Wildman–Crippen LogP) is 4.19. The van der Waals surface area contributed by atoms with Gasteiger partial charge in [-0.1, -0.05) is 28.1 Å². The van der Waals surface area contributed by atoms with Crippen molar-refractivity contribution < 1.29 is 5.11 Å². The summed E-state index contributed by atoms with van der Waals surface area (Å²) in [6.07, 6.45) is 0.862. The smallest absolute Gasteiger partial charge is 0.261 e. The number of benzene rings is 2. The number of piperazine rings is 1. The molecule has 4 aromatic rings. The number of nitrogens with zero attached hydrogens (tertiary/aromatic N) is 3. The Labute approximate surface area is 218 Å². The number of rotatable bonds is 6. The maximum Gasteiger partial charge on any atom is 0.261 e. The molecule has 3 heterocycles. The third kappa shape index (κ3) is 4.91. The third-order valence-corrected chi connectivity index (χ3v) is 7.75. The molecule has 0 radical (unpaired) electrons. The molecule has 1 aliphatic rings. The molecule has 0 unspecified atom stereocenters. The number of hydrogen-bond donors (Lipinski definition) is 4. The minimum Gasteiger partial charge on any atom is -0.387 e. The lowest BCUT2D eigenvalue weighted by atomic mass is 10.1. The van der Waals surface area contributed by atoms with Crippen LogP contribution < -0.4 is 15.8 Å². The Morgan fingerprint density at radius 2 is 1.89 bits per heavy atom. The van der Waals surface area contributed by atoms with Crippen LogP contribution in [0.4, 0.5) is 11.4 Å². The Bertz CT molecular complexity index is 1450. The van der Waals surface area contributed by atoms with Crippen LogP contribution in [0.15, 0.2) is 51.9 Å². The number of aromatic nitrogens is 3. The predicted molar refractivity (Wildman–Crippen MR) is 149 cm³/mol. The van der Waals surface area contributed by atoms with Gasteiger partial charge in [-0.05, 0) is 61.9 Å². The van der Waals surface area contributed by atoms with Crippen molar-refractivity contribution in [1.29, 1.82) is 0 Å². The average molecular weight is 551 g/mol. The van der Waals surface area contributed by atoms with Crippen molar-refractivity contribution in [1.82, 2.24) is 19.9 Å². The minimum atomic E-state index is -0.738. The molecular weight excluding hydrogens is 520 g/mol. The number of aliphatic hydroxyl groups is 1. The van der Waals surface area contributed by atoms with Crippen molar-refractivity contribution in [3.8, 4) is 11.4 Å². The number of pyridine rings is 1. The standard InChI is InChI=1S/C27H31BrN6O2/c1-16-4-5-18(13-20(16)28)23(35)15-30-21-6-7-29-27(36)24(21)26-31-22-14-19(12-17(2)25(22)32-26)34-10-8-33(3)9-11-34/h4-7,12-14,23,35H,8-11,15H2,1-3H3,(H,31,32)(H2,29,30,36)/t23-/m1/s1. The maximum absolute atomic E-state index is 12.9. The van der Waals surface area contributed by atoms with E-state index in [9.17, 15) is 9.90 Å². The summed E-state index contributed by atoms with van der Waals surface area (Å²) in [4.78, 5) is 28.6. The molecule has 1 aliphatic heterocycles. The monoisotopic (exact) mass is 550 g/mol. The van der Waals surface area contributed by atoms with Crippen LogP contribution in [-0.2, 0) is 0 Å². The van der Waals surface area contributed by atoms with Gasteiger partial charge in [0.05, 0.1) is 22.8 Å². The molecule has 9 heteroatoms. The normalized spacial score (nSPS) is 15.4. The van der Waals surface area contributed by atoms with Crippen LogP contribution in [0.1, 0.15) is 22.8 Å². The van der Waals surface area contributed by atoms with E-state index in [1.807, 2.05) is 25.1 Å². The van der Waals surface area contributed by atoms with Crippen molar-refractivity contribution in [2.75, 3.05) is 50.0 Å². The summed E-state index contributed by atoms with van der Waals surface area (Å²) in [6.45, 7) is 8.33. The number of aryl methyl sites for hydroxylation is 2. The topological polar surface area (TPSA) is 100 Å². The summed E-state index contributed by atoms with van der Waals surface area (Å²) >= 11 is 3.52. The Balaban J connectivity index is 1.43. The van der Waals surface area contributed by atoms with Gasteiger partial charge in [-0.3, -0.25) is 4.79 Å². The second-order valence-electron chi connectivity index (χ2n) is 9.54. The van der Waals surface area contributed by atoms with Crippen molar-refractivity contribution in [2.45, 2.75) is 20.0 Å². The molecule has 0 aliphatic carbocycles. The number of hydrogen-bond acceptors (Lipinski definition) is 6. The van der Waals surface area contributed by atoms with Crippen LogP contribution in [0.3, 0.4) is 0 Å². The fourth-order valence-electron chi connectivity index (χ4n) is 4.64. The summed E-state index contributed by atoms with van der Waals surface area (Å²) in [5.74, 6) is 0.501. The number of anilines is 2. The Morgan fingerprint density at radius 1 is 1.11 bits per heavy atom. The van der Waals surface area contributed by atoms with Gasteiger partial charge in [0.25, 0.3) is 5.56 Å². The van der Waals surface area contributed by atoms with Crippen molar-refractivity contribution in [2.24, 2.45) is 0 Å². The molecule has 0 saturated carbocycles. The second-order valence-corrected chi connectivity index (χ2v) is 10.4. The number of aliphatic hydroxyl groups excluding tert-OH is 1. The molecule has 2 aromatic heterocycles. The number of nitrogens with one attached hydrogen (secondary N) is 3. The number of imidazole rings is 1. The first-order valence-corrected chi connectivity index (χ1v) is 12.9. The molecule has 0 spiro atoms. The lowest BCUT2D eigenvalue weighted by Crippen LogP contribution is -2.44. The molecular formula is C27H31BrN6O2. The van der Waals surface area contributed by atoms with Gasteiger partial charge in [0, 0.05) is 49.1 Å². The van der Waals surface area contributed by atoms with E-state index in [0.29, 0.717) is 17.1 Å². The first kappa shape index (κ1) is 24.5. The van der Waals surface area contributed by atoms with Gasteiger partial charge in [0.2, 0.25) is 0 Å². The molecule has 1 fully saturated rings. The minimum absolute atomic E-state index is 0.247. The second kappa shape index (κ2) is 10.1. The summed E-state index contributed by atoms with van der Waals surface area (Å²) < 4.78 is 0.949. The number of likely N-dealkylation sites (N-methyl/N-ethyl adjacent to an activating group) is 1. The fraction of sp³-hybridized carbons (Fsp3) is 0.333. The highest BCUT2D eigenvalue weighted by atomic mass is 79.9. The Morgan fingerprint density at radius 3 is 2.64 bits per heavy atom. The molecule has 2 aromatic carbocycles. The van der Waals surface area contributed by atoms with Crippen molar-refractivity contribution in [3.05, 3.63) is 74.1 Å². The summed E-state index contributed by atoms with van der Waals surface area (Å²) in [5, 5.41) is 14.0. The third-order valence-electron chi connectivity index (χ3n) is 6.89. The van der Waals surface area contributed by atoms with Gasteiger partial charge in [0.1, 0.15) is 11.4 Å². The van der Waals surface area contributed by atoms with E-state index in [-0.39, 0.29) is 12.1 Å². The van der Waals surface area contributed by atoms with E-state index in [2.05, 4.69) is 67.1 Å². The van der Waals surface area contributed by atoms with Crippen LogP contribution in [0.25, 0.3) is 22.4 Å². The van der Waals surface area contributed by atoms with Crippen molar-refractivity contribution >= 4 is 38.3 Å². The van der Waals surface area contributed by atoms with E-state index in [0.717, 1.165) is 64.1 Å². The Hall–Kier alpha value is -3.14. The molecule has 1 saturated heterocycles. The first-order chi connectivity index (χ1) is 17.3. The Kier molecular flexibility index (Phi) is 6.87. The molecule has 1 atom stereocenters. The van der Waals surface area contributed by atoms with Crippen LogP contribution in [-0.4, -0.2) is 64.7 Å². The SMILES string of the molecule is Cc1ccc([C@H](O)CNc2cc[nH]c(=O)c2-c2nc3c(C)cc(N4CCN(C)CC4)cc3[nH]2)cc1Br. The molecule has 0 bridgehead atoms. The van der Waals surface area contributed by atoms with Crippen LogP contribution in [0, 0.1) is 13.8 Å². The highest BCUT2D eigenvalue weighted by Gasteiger charge is 2.19. The molecule has 8 nitrogen and oxygen atoms in total. The zero-order valence-electron chi connectivity index (χ0n) is 20.7. The summed E-state index contributed by atoms with van der Waals surface area (Å²) in [7, 11) is 2.15. The van der Waals surface area contributed by atoms with Gasteiger partial charge in [-0.25, -0.2) is 4.98 Å². The number of halogens is 1. The quantitative estimate of drug-likeness (QED) is 0.287. The van der Waals surface area contributed by atoms with Crippen LogP contribution in [0.5, 0.6) is 0 Å². The van der Waals surface area contributed by atoms with E-state index in [1.165, 1.54) is 0 Å². The highest BCUT2D eigenvalue weighted by Crippen LogP contribution is 2.30. The number of aromatic amines is 2. The maximum atomic E-state index is 12.9. The zero-order valence-corrected chi connectivity index (χ0v) is 22.3. The van der Waals surface area contributed by atoms with E-state index in [1.54, 1.807) is 12.3 Å². The molecule has 0 amide bonds. The van der Waals surface area contributed by atoms with E-state index in [4.69, 9.17) is 4.98 Å². The van der Waals surface area contributed by atoms with Crippen LogP contribution in [0.2, 0.25) is 0 Å². The summed E-state index contributed by atoms with van der Waals surface area (Å²) in [5.41, 5.74) is 6.66. The number of H-pyrrole nitrogens is 2. The van der Waals surface area contributed by atoms with Crippen molar-refractivity contribution in [3.63, 3.8) is 0 Å². The van der Waals surface area contributed by atoms with Crippen LogP contribution >= 0.6 is 15.9 Å². The lowest BCUT2D eigenvalue weighted by Gasteiger charge is -2.34. The highest BCUT2D eigenvalue weighted by molar-refractivity contribution is 9.10. The fourth-order valence-corrected chi connectivity index (χ4v) is 5.04. The molecule has 36 heavy (non-hydrogen) atoms. The molecule has 5 rings (SSSR count). The van der Waals surface area contributed by atoms with Gasteiger partial charge >= 0.3 is 0 Å².